The van der Waals surface area contributed by atoms with Crippen LogP contribution in [0.3, 0.4) is 0 Å². The fourth-order valence-corrected chi connectivity index (χ4v) is 3.88. The molecule has 0 fully saturated rings. The third-order valence-corrected chi connectivity index (χ3v) is 5.50. The Morgan fingerprint density at radius 2 is 1.89 bits per heavy atom. The predicted molar refractivity (Wildman–Crippen MR) is 111 cm³/mol. The molecule has 3 aromatic heterocycles. The van der Waals surface area contributed by atoms with E-state index in [1.165, 1.54) is 16.9 Å². The molecule has 0 saturated carbocycles. The van der Waals surface area contributed by atoms with Crippen molar-refractivity contribution in [2.45, 2.75) is 20.4 Å². The maximum Gasteiger partial charge on any atom is 0.227 e. The van der Waals surface area contributed by atoms with Crippen molar-refractivity contribution in [2.75, 3.05) is 5.32 Å². The van der Waals surface area contributed by atoms with Crippen molar-refractivity contribution in [3.05, 3.63) is 76.3 Å². The Kier molecular flexibility index (Phi) is 4.92. The number of rotatable bonds is 5. The minimum Gasteiger partial charge on any atom is -0.331 e. The smallest absolute Gasteiger partial charge is 0.227 e. The molecule has 4 aromatic rings. The molecule has 0 unspecified atom stereocenters. The van der Waals surface area contributed by atoms with Gasteiger partial charge in [-0.05, 0) is 49.2 Å². The molecule has 5 nitrogen and oxygen atoms in total. The van der Waals surface area contributed by atoms with E-state index in [0.29, 0.717) is 5.95 Å². The van der Waals surface area contributed by atoms with Crippen LogP contribution in [0.25, 0.3) is 10.6 Å². The number of nitrogens with one attached hydrogen (secondary N) is 1. The van der Waals surface area contributed by atoms with Gasteiger partial charge in [-0.2, -0.15) is 0 Å². The highest BCUT2D eigenvalue weighted by atomic mass is 35.5. The predicted octanol–water partition coefficient (Wildman–Crippen LogP) is 5.46. The Balaban J connectivity index is 1.51. The van der Waals surface area contributed by atoms with Gasteiger partial charge in [-0.15, -0.1) is 11.3 Å². The minimum atomic E-state index is 0.568. The largest absolute Gasteiger partial charge is 0.331 e. The number of anilines is 2. The number of halogens is 1. The summed E-state index contributed by atoms with van der Waals surface area (Å²) >= 11 is 7.58. The van der Waals surface area contributed by atoms with Gasteiger partial charge in [0, 0.05) is 30.8 Å². The second-order valence-electron chi connectivity index (χ2n) is 6.25. The molecular weight excluding hydrogens is 378 g/mol. The van der Waals surface area contributed by atoms with E-state index in [9.17, 15) is 0 Å². The fourth-order valence-electron chi connectivity index (χ4n) is 2.78. The van der Waals surface area contributed by atoms with Gasteiger partial charge < -0.3 is 9.88 Å². The van der Waals surface area contributed by atoms with Gasteiger partial charge in [-0.25, -0.2) is 15.0 Å². The number of aryl methyl sites for hydroxylation is 2. The number of hydrogen-bond donors (Lipinski definition) is 1. The number of benzene rings is 1. The zero-order valence-corrected chi connectivity index (χ0v) is 16.6. The van der Waals surface area contributed by atoms with Crippen molar-refractivity contribution in [3.8, 4) is 10.6 Å². The summed E-state index contributed by atoms with van der Waals surface area (Å²) in [5, 5.41) is 3.28. The molecular formula is C20H18ClN5S. The van der Waals surface area contributed by atoms with Crippen LogP contribution in [0.1, 0.15) is 17.0 Å². The van der Waals surface area contributed by atoms with E-state index in [1.54, 1.807) is 0 Å². The van der Waals surface area contributed by atoms with Crippen molar-refractivity contribution in [3.63, 3.8) is 0 Å². The third-order valence-electron chi connectivity index (χ3n) is 4.26. The average Bonchev–Trinajstić information content (AvgIpc) is 3.27. The fraction of sp³-hybridized carbons (Fsp3) is 0.150. The van der Waals surface area contributed by atoms with E-state index in [4.69, 9.17) is 11.6 Å². The van der Waals surface area contributed by atoms with Gasteiger partial charge in [-0.3, -0.25) is 0 Å². The molecule has 0 amide bonds. The molecule has 4 rings (SSSR count). The van der Waals surface area contributed by atoms with E-state index in [2.05, 4.69) is 37.0 Å². The monoisotopic (exact) mass is 395 g/mol. The van der Waals surface area contributed by atoms with Crippen LogP contribution in [0.4, 0.5) is 11.6 Å². The van der Waals surface area contributed by atoms with Crippen LogP contribution >= 0.6 is 22.9 Å². The summed E-state index contributed by atoms with van der Waals surface area (Å²) < 4.78 is 2.87. The SMILES string of the molecule is Cc1cnc(Nc2ccc(Cn3ccnc3C)cc2)nc1-c1ccc(Cl)s1. The molecule has 0 spiro atoms. The van der Waals surface area contributed by atoms with Crippen molar-refractivity contribution >= 4 is 34.6 Å². The van der Waals surface area contributed by atoms with Gasteiger partial charge in [0.1, 0.15) is 5.82 Å². The lowest BCUT2D eigenvalue weighted by atomic mass is 10.2. The van der Waals surface area contributed by atoms with Crippen molar-refractivity contribution in [1.29, 1.82) is 0 Å². The zero-order chi connectivity index (χ0) is 18.8. The summed E-state index contributed by atoms with van der Waals surface area (Å²) in [4.78, 5) is 14.4. The highest BCUT2D eigenvalue weighted by Crippen LogP contribution is 2.32. The standard InChI is InChI=1S/C20H18ClN5S/c1-13-11-23-20(25-19(13)17-7-8-18(21)27-17)24-16-5-3-15(4-6-16)12-26-10-9-22-14(26)2/h3-11H,12H2,1-2H3,(H,23,24,25). The van der Waals surface area contributed by atoms with Gasteiger partial charge in [-0.1, -0.05) is 23.7 Å². The van der Waals surface area contributed by atoms with Crippen molar-refractivity contribution in [1.82, 2.24) is 19.5 Å². The lowest BCUT2D eigenvalue weighted by Crippen LogP contribution is -2.02. The minimum absolute atomic E-state index is 0.568. The van der Waals surface area contributed by atoms with E-state index < -0.39 is 0 Å². The Morgan fingerprint density at radius 3 is 2.56 bits per heavy atom. The Bertz CT molecular complexity index is 1070. The zero-order valence-electron chi connectivity index (χ0n) is 15.0. The molecule has 1 N–H and O–H groups in total. The van der Waals surface area contributed by atoms with Crippen LogP contribution in [-0.4, -0.2) is 19.5 Å². The maximum absolute atomic E-state index is 6.06. The highest BCUT2D eigenvalue weighted by Gasteiger charge is 2.09. The second kappa shape index (κ2) is 7.50. The lowest BCUT2D eigenvalue weighted by molar-refractivity contribution is 0.762. The van der Waals surface area contributed by atoms with Crippen molar-refractivity contribution in [2.24, 2.45) is 0 Å². The highest BCUT2D eigenvalue weighted by molar-refractivity contribution is 7.19. The summed E-state index contributed by atoms with van der Waals surface area (Å²) in [7, 11) is 0. The van der Waals surface area contributed by atoms with E-state index in [1.807, 2.05) is 56.7 Å². The van der Waals surface area contributed by atoms with Gasteiger partial charge in [0.25, 0.3) is 0 Å². The van der Waals surface area contributed by atoms with Crippen LogP contribution < -0.4 is 5.32 Å². The first-order valence-electron chi connectivity index (χ1n) is 8.51. The molecule has 3 heterocycles. The summed E-state index contributed by atoms with van der Waals surface area (Å²) in [5.41, 5.74) is 4.07. The van der Waals surface area contributed by atoms with E-state index in [-0.39, 0.29) is 0 Å². The Labute approximate surface area is 166 Å². The van der Waals surface area contributed by atoms with Crippen LogP contribution in [-0.2, 0) is 6.54 Å². The number of thiophene rings is 1. The molecule has 1 aromatic carbocycles. The second-order valence-corrected chi connectivity index (χ2v) is 7.97. The van der Waals surface area contributed by atoms with Crippen LogP contribution in [0.5, 0.6) is 0 Å². The molecule has 0 aliphatic rings. The molecule has 0 saturated heterocycles. The molecule has 27 heavy (non-hydrogen) atoms. The summed E-state index contributed by atoms with van der Waals surface area (Å²) in [5.74, 6) is 1.57. The number of hydrogen-bond acceptors (Lipinski definition) is 5. The Hall–Kier alpha value is -2.70. The van der Waals surface area contributed by atoms with Gasteiger partial charge in [0.15, 0.2) is 0 Å². The molecule has 136 valence electrons. The van der Waals surface area contributed by atoms with Crippen LogP contribution in [0.15, 0.2) is 55.0 Å². The number of aromatic nitrogens is 4. The van der Waals surface area contributed by atoms with Crippen LogP contribution in [0.2, 0.25) is 4.34 Å². The first kappa shape index (κ1) is 17.7. The first-order chi connectivity index (χ1) is 13.1. The molecule has 0 radical (unpaired) electrons. The molecule has 7 heteroatoms. The van der Waals surface area contributed by atoms with Gasteiger partial charge in [0.2, 0.25) is 5.95 Å². The molecule has 0 atom stereocenters. The summed E-state index contributed by atoms with van der Waals surface area (Å²) in [6, 6.07) is 12.1. The van der Waals surface area contributed by atoms with Gasteiger partial charge in [0.05, 0.1) is 14.9 Å². The Morgan fingerprint density at radius 1 is 1.07 bits per heavy atom. The first-order valence-corrected chi connectivity index (χ1v) is 9.71. The lowest BCUT2D eigenvalue weighted by Gasteiger charge is -2.09. The summed E-state index contributed by atoms with van der Waals surface area (Å²) in [6.07, 6.45) is 5.63. The average molecular weight is 396 g/mol. The normalized spacial score (nSPS) is 10.9. The molecule has 0 bridgehead atoms. The molecule has 0 aliphatic carbocycles. The van der Waals surface area contributed by atoms with Gasteiger partial charge >= 0.3 is 0 Å². The van der Waals surface area contributed by atoms with Crippen molar-refractivity contribution < 1.29 is 0 Å². The molecule has 0 aliphatic heterocycles. The van der Waals surface area contributed by atoms with E-state index >= 15 is 0 Å². The topological polar surface area (TPSA) is 55.6 Å². The number of imidazole rings is 1. The maximum atomic E-state index is 6.06. The van der Waals surface area contributed by atoms with E-state index in [0.717, 1.165) is 38.5 Å². The van der Waals surface area contributed by atoms with Crippen LogP contribution in [0, 0.1) is 13.8 Å². The quantitative estimate of drug-likeness (QED) is 0.487. The third kappa shape index (κ3) is 4.02. The number of nitrogens with zero attached hydrogens (tertiary/aromatic N) is 4. The summed E-state index contributed by atoms with van der Waals surface area (Å²) in [6.45, 7) is 4.80.